The van der Waals surface area contributed by atoms with Crippen LogP contribution in [0.25, 0.3) is 4.85 Å². The van der Waals surface area contributed by atoms with E-state index in [9.17, 15) is 4.79 Å². The van der Waals surface area contributed by atoms with Gasteiger partial charge in [0.1, 0.15) is 6.61 Å². The maximum absolute atomic E-state index is 11.1. The number of nitrogens with zero attached hydrogens (tertiary/aromatic N) is 2. The molecule has 144 valence electrons. The molecule has 1 fully saturated rings. The zero-order valence-corrected chi connectivity index (χ0v) is 17.0. The lowest BCUT2D eigenvalue weighted by atomic mass is 10.0. The van der Waals surface area contributed by atoms with Crippen molar-refractivity contribution in [2.75, 3.05) is 19.8 Å². The minimum atomic E-state index is -1.25. The van der Waals surface area contributed by atoms with Crippen LogP contribution in [0.4, 0.5) is 0 Å². The van der Waals surface area contributed by atoms with E-state index in [1.165, 1.54) is 6.92 Å². The lowest BCUT2D eigenvalue weighted by Crippen LogP contribution is -2.34. The van der Waals surface area contributed by atoms with Crippen LogP contribution in [0.15, 0.2) is 0 Å². The topological polar surface area (TPSA) is 61.6 Å². The van der Waals surface area contributed by atoms with Crippen molar-refractivity contribution >= 4 is 14.5 Å². The number of hydrogen-bond donors (Lipinski definition) is 0. The Balaban J connectivity index is 2.64. The second-order valence-electron chi connectivity index (χ2n) is 6.69. The van der Waals surface area contributed by atoms with E-state index < -0.39 is 14.8 Å². The van der Waals surface area contributed by atoms with Gasteiger partial charge in [-0.1, -0.05) is 0 Å². The van der Waals surface area contributed by atoms with Gasteiger partial charge in [0, 0.05) is 31.3 Å². The maximum Gasteiger partial charge on any atom is 0.304 e. The van der Waals surface area contributed by atoms with Crippen LogP contribution in [0.2, 0.25) is 0 Å². The first-order chi connectivity index (χ1) is 11.8. The Kier molecular flexibility index (Phi) is 9.84. The molecule has 0 aromatic heterocycles. The zero-order chi connectivity index (χ0) is 19.0. The molecule has 0 aliphatic carbocycles. The predicted octanol–water partition coefficient (Wildman–Crippen LogP) is 3.60. The molecule has 1 aliphatic rings. The normalized spacial score (nSPS) is 24.7. The Labute approximate surface area is 152 Å². The van der Waals surface area contributed by atoms with Gasteiger partial charge in [-0.15, -0.1) is 0 Å². The molecule has 1 saturated heterocycles. The monoisotopic (exact) mass is 374 g/mol. The summed E-state index contributed by atoms with van der Waals surface area (Å²) in [5, 5.41) is 0. The summed E-state index contributed by atoms with van der Waals surface area (Å²) in [6, 6.07) is 0.537. The van der Waals surface area contributed by atoms with E-state index >= 15 is 0 Å². The first-order valence-electron chi connectivity index (χ1n) is 8.76. The molecule has 0 spiro atoms. The molecule has 0 aromatic rings. The number of carbonyl (C=O) groups excluding carboxylic acids is 1. The molecule has 1 rings (SSSR count). The van der Waals surface area contributed by atoms with Crippen molar-refractivity contribution in [3.63, 3.8) is 0 Å². The average molecular weight is 374 g/mol. The fourth-order valence-electron chi connectivity index (χ4n) is 2.78. The number of rotatable bonds is 10. The van der Waals surface area contributed by atoms with Crippen molar-refractivity contribution in [1.82, 2.24) is 4.67 Å². The van der Waals surface area contributed by atoms with Crippen LogP contribution >= 0.6 is 8.53 Å². The number of carbonyl (C=O) groups is 1. The van der Waals surface area contributed by atoms with Gasteiger partial charge in [-0.2, -0.15) is 0 Å². The van der Waals surface area contributed by atoms with Crippen molar-refractivity contribution in [3.8, 4) is 0 Å². The summed E-state index contributed by atoms with van der Waals surface area (Å²) < 4.78 is 25.0. The van der Waals surface area contributed by atoms with Crippen molar-refractivity contribution in [2.45, 2.75) is 72.4 Å². The fraction of sp³-hybridized carbons (Fsp3) is 0.882. The smallest absolute Gasteiger partial charge is 0.304 e. The quantitative estimate of drug-likeness (QED) is 0.252. The zero-order valence-electron chi connectivity index (χ0n) is 16.1. The number of esters is 1. The van der Waals surface area contributed by atoms with Crippen molar-refractivity contribution in [2.24, 2.45) is 5.92 Å². The molecule has 0 aromatic carbocycles. The standard InChI is InChI=1S/C17H31N2O5P/c1-12(2)19(13(3)4)25(21-9-8-18-7)22-11-16-10-17(23-14(16)5)24-15(6)20/h12-14,16-17H,8-11H2,1-6H3. The van der Waals surface area contributed by atoms with Gasteiger partial charge in [0.15, 0.2) is 0 Å². The Morgan fingerprint density at radius 2 is 1.96 bits per heavy atom. The average Bonchev–Trinajstić information content (AvgIpc) is 2.82. The third-order valence-corrected chi connectivity index (χ3v) is 5.95. The fourth-order valence-corrected chi connectivity index (χ4v) is 4.43. The van der Waals surface area contributed by atoms with Crippen LogP contribution < -0.4 is 0 Å². The van der Waals surface area contributed by atoms with Gasteiger partial charge in [0.25, 0.3) is 8.53 Å². The molecular weight excluding hydrogens is 343 g/mol. The second-order valence-corrected chi connectivity index (χ2v) is 8.15. The molecule has 4 unspecified atom stereocenters. The highest BCUT2D eigenvalue weighted by Gasteiger charge is 2.36. The van der Waals surface area contributed by atoms with Crippen LogP contribution in [0.1, 0.15) is 48.0 Å². The van der Waals surface area contributed by atoms with Gasteiger partial charge in [-0.3, -0.25) is 4.79 Å². The van der Waals surface area contributed by atoms with Crippen molar-refractivity contribution in [3.05, 3.63) is 11.4 Å². The van der Waals surface area contributed by atoms with Crippen LogP contribution in [0.3, 0.4) is 0 Å². The summed E-state index contributed by atoms with van der Waals surface area (Å²) in [5.74, 6) is -0.200. The third kappa shape index (κ3) is 7.55. The van der Waals surface area contributed by atoms with E-state index in [1.54, 1.807) is 0 Å². The van der Waals surface area contributed by atoms with Gasteiger partial charge in [0.2, 0.25) is 12.8 Å². The molecule has 0 saturated carbocycles. The minimum absolute atomic E-state index is 0.0454. The Morgan fingerprint density at radius 3 is 2.48 bits per heavy atom. The molecule has 0 bridgehead atoms. The molecule has 0 radical (unpaired) electrons. The largest absolute Gasteiger partial charge is 0.436 e. The van der Waals surface area contributed by atoms with E-state index in [0.29, 0.717) is 26.2 Å². The van der Waals surface area contributed by atoms with Crippen LogP contribution in [0, 0.1) is 12.5 Å². The molecular formula is C17H31N2O5P. The lowest BCUT2D eigenvalue weighted by molar-refractivity contribution is -0.171. The van der Waals surface area contributed by atoms with E-state index in [0.717, 1.165) is 0 Å². The minimum Gasteiger partial charge on any atom is -0.436 e. The molecule has 1 aliphatic heterocycles. The molecule has 1 heterocycles. The summed E-state index contributed by atoms with van der Waals surface area (Å²) in [4.78, 5) is 14.4. The Hall–Kier alpha value is -0.770. The summed E-state index contributed by atoms with van der Waals surface area (Å²) in [7, 11) is -1.25. The van der Waals surface area contributed by atoms with Gasteiger partial charge >= 0.3 is 5.97 Å². The highest BCUT2D eigenvalue weighted by molar-refractivity contribution is 7.44. The molecule has 0 N–H and O–H groups in total. The lowest BCUT2D eigenvalue weighted by Gasteiger charge is -2.35. The number of ether oxygens (including phenoxy) is 2. The molecule has 25 heavy (non-hydrogen) atoms. The summed E-state index contributed by atoms with van der Waals surface area (Å²) in [6.07, 6.45) is 0.0765. The van der Waals surface area contributed by atoms with E-state index in [-0.39, 0.29) is 30.1 Å². The van der Waals surface area contributed by atoms with Crippen LogP contribution in [-0.4, -0.2) is 54.9 Å². The predicted molar refractivity (Wildman–Crippen MR) is 96.6 cm³/mol. The van der Waals surface area contributed by atoms with Crippen molar-refractivity contribution < 1.29 is 23.3 Å². The summed E-state index contributed by atoms with van der Waals surface area (Å²) in [5.41, 5.74) is 0. The third-order valence-electron chi connectivity index (χ3n) is 3.87. The van der Waals surface area contributed by atoms with Crippen molar-refractivity contribution in [1.29, 1.82) is 0 Å². The van der Waals surface area contributed by atoms with Gasteiger partial charge < -0.3 is 23.4 Å². The maximum atomic E-state index is 11.1. The molecule has 0 amide bonds. The van der Waals surface area contributed by atoms with Gasteiger partial charge in [0.05, 0.1) is 12.7 Å². The second kappa shape index (κ2) is 11.1. The summed E-state index contributed by atoms with van der Waals surface area (Å²) >= 11 is 0. The molecule has 8 heteroatoms. The van der Waals surface area contributed by atoms with Crippen LogP contribution in [0.5, 0.6) is 0 Å². The Bertz CT molecular complexity index is 447. The highest BCUT2D eigenvalue weighted by Crippen LogP contribution is 2.47. The van der Waals surface area contributed by atoms with E-state index in [1.807, 2.05) is 6.92 Å². The van der Waals surface area contributed by atoms with E-state index in [4.69, 9.17) is 25.1 Å². The van der Waals surface area contributed by atoms with Crippen LogP contribution in [-0.2, 0) is 23.3 Å². The molecule has 4 atom stereocenters. The molecule has 7 nitrogen and oxygen atoms in total. The van der Waals surface area contributed by atoms with Gasteiger partial charge in [-0.05, 0) is 34.6 Å². The highest BCUT2D eigenvalue weighted by atomic mass is 31.2. The first kappa shape index (κ1) is 22.3. The SMILES string of the molecule is [C-]#[N+]CCOP(OCC1CC(OC(C)=O)OC1C)N(C(C)C)C(C)C. The van der Waals surface area contributed by atoms with E-state index in [2.05, 4.69) is 37.2 Å². The first-order valence-corrected chi connectivity index (χ1v) is 9.89. The summed E-state index contributed by atoms with van der Waals surface area (Å²) in [6.45, 7) is 19.8. The van der Waals surface area contributed by atoms with Gasteiger partial charge in [-0.25, -0.2) is 11.2 Å². The number of hydrogen-bond acceptors (Lipinski definition) is 6. The Morgan fingerprint density at radius 1 is 1.32 bits per heavy atom.